The highest BCUT2D eigenvalue weighted by Crippen LogP contribution is 2.22. The van der Waals surface area contributed by atoms with Crippen LogP contribution in [0.3, 0.4) is 0 Å². The Balaban J connectivity index is 2.44. The summed E-state index contributed by atoms with van der Waals surface area (Å²) in [7, 11) is 0. The van der Waals surface area contributed by atoms with Crippen LogP contribution in [0.4, 0.5) is 0 Å². The van der Waals surface area contributed by atoms with Crippen molar-refractivity contribution in [1.82, 2.24) is 4.90 Å². The number of carboxylic acids is 1. The molecule has 19 heavy (non-hydrogen) atoms. The van der Waals surface area contributed by atoms with Crippen molar-refractivity contribution >= 4 is 11.9 Å². The van der Waals surface area contributed by atoms with Crippen LogP contribution in [0, 0.1) is 11.8 Å². The van der Waals surface area contributed by atoms with Gasteiger partial charge in [0.15, 0.2) is 0 Å². The van der Waals surface area contributed by atoms with Gasteiger partial charge in [-0.15, -0.1) is 0 Å². The van der Waals surface area contributed by atoms with Gasteiger partial charge in [-0.2, -0.15) is 0 Å². The van der Waals surface area contributed by atoms with Gasteiger partial charge in [-0.3, -0.25) is 9.59 Å². The van der Waals surface area contributed by atoms with Gasteiger partial charge in [0, 0.05) is 19.5 Å². The van der Waals surface area contributed by atoms with E-state index in [1.165, 1.54) is 0 Å². The molecule has 0 aromatic heterocycles. The van der Waals surface area contributed by atoms with Crippen molar-refractivity contribution in [3.8, 4) is 0 Å². The van der Waals surface area contributed by atoms with E-state index in [9.17, 15) is 9.59 Å². The molecule has 5 heteroatoms. The number of carboxylic acid groups (broad SMARTS) is 1. The smallest absolute Gasteiger partial charge is 0.303 e. The zero-order valence-corrected chi connectivity index (χ0v) is 12.0. The second kappa shape index (κ2) is 7.48. The first-order valence-corrected chi connectivity index (χ1v) is 7.16. The second-order valence-electron chi connectivity index (χ2n) is 5.96. The topological polar surface area (TPSA) is 83.6 Å². The van der Waals surface area contributed by atoms with Crippen molar-refractivity contribution in [1.29, 1.82) is 0 Å². The monoisotopic (exact) mass is 270 g/mol. The number of carbonyl (C=O) groups is 2. The molecule has 1 heterocycles. The van der Waals surface area contributed by atoms with E-state index in [1.54, 1.807) is 0 Å². The van der Waals surface area contributed by atoms with Crippen LogP contribution >= 0.6 is 0 Å². The van der Waals surface area contributed by atoms with Crippen LogP contribution < -0.4 is 5.73 Å². The van der Waals surface area contributed by atoms with Crippen molar-refractivity contribution < 1.29 is 14.7 Å². The molecular weight excluding hydrogens is 244 g/mol. The molecule has 1 aliphatic heterocycles. The predicted molar refractivity (Wildman–Crippen MR) is 73.6 cm³/mol. The number of nitrogens with zero attached hydrogens (tertiary/aromatic N) is 1. The molecule has 5 nitrogen and oxygen atoms in total. The molecule has 110 valence electrons. The minimum absolute atomic E-state index is 0.0220. The molecule has 1 saturated heterocycles. The maximum atomic E-state index is 12.2. The highest BCUT2D eigenvalue weighted by atomic mass is 16.4. The number of aliphatic carboxylic acids is 1. The summed E-state index contributed by atoms with van der Waals surface area (Å²) >= 11 is 0. The molecule has 0 saturated carbocycles. The zero-order valence-electron chi connectivity index (χ0n) is 12.0. The first kappa shape index (κ1) is 16.0. The number of nitrogens with two attached hydrogens (primary N) is 1. The van der Waals surface area contributed by atoms with Gasteiger partial charge in [0.2, 0.25) is 5.91 Å². The molecule has 1 aliphatic rings. The lowest BCUT2D eigenvalue weighted by molar-refractivity contribution is -0.137. The van der Waals surface area contributed by atoms with E-state index in [-0.39, 0.29) is 12.3 Å². The summed E-state index contributed by atoms with van der Waals surface area (Å²) in [4.78, 5) is 24.6. The third kappa shape index (κ3) is 5.59. The van der Waals surface area contributed by atoms with Gasteiger partial charge in [0.25, 0.3) is 0 Å². The molecule has 1 amide bonds. The summed E-state index contributed by atoms with van der Waals surface area (Å²) in [6, 6.07) is -0.418. The lowest BCUT2D eigenvalue weighted by Crippen LogP contribution is -2.48. The Hall–Kier alpha value is -1.10. The highest BCUT2D eigenvalue weighted by molar-refractivity contribution is 5.81. The molecule has 0 spiro atoms. The van der Waals surface area contributed by atoms with E-state index >= 15 is 0 Å². The molecule has 3 N–H and O–H groups in total. The summed E-state index contributed by atoms with van der Waals surface area (Å²) < 4.78 is 0. The number of hydrogen-bond donors (Lipinski definition) is 2. The van der Waals surface area contributed by atoms with Gasteiger partial charge in [0.05, 0.1) is 6.04 Å². The van der Waals surface area contributed by atoms with Gasteiger partial charge < -0.3 is 15.7 Å². The number of carbonyl (C=O) groups excluding carboxylic acids is 1. The van der Waals surface area contributed by atoms with E-state index in [1.807, 2.05) is 4.90 Å². The SMILES string of the molecule is CC(C)C[C@H](N)C(=O)N1CCCC(CCC(=O)O)C1. The maximum Gasteiger partial charge on any atom is 0.303 e. The normalized spacial score (nSPS) is 21.5. The number of hydrogen-bond acceptors (Lipinski definition) is 3. The molecule has 0 aliphatic carbocycles. The largest absolute Gasteiger partial charge is 0.481 e. The van der Waals surface area contributed by atoms with Crippen molar-refractivity contribution in [2.75, 3.05) is 13.1 Å². The molecular formula is C14H26N2O3. The zero-order chi connectivity index (χ0) is 14.4. The summed E-state index contributed by atoms with van der Waals surface area (Å²) in [5.41, 5.74) is 5.93. The van der Waals surface area contributed by atoms with Crippen LogP contribution in [0.1, 0.15) is 46.0 Å². The fraction of sp³-hybridized carbons (Fsp3) is 0.857. The standard InChI is InChI=1S/C14H26N2O3/c1-10(2)8-12(15)14(19)16-7-3-4-11(9-16)5-6-13(17)18/h10-12H,3-9,15H2,1-2H3,(H,17,18)/t11?,12-/m0/s1. The van der Waals surface area contributed by atoms with E-state index in [0.717, 1.165) is 19.4 Å². The molecule has 1 unspecified atom stereocenters. The van der Waals surface area contributed by atoms with Crippen LogP contribution in [0.5, 0.6) is 0 Å². The van der Waals surface area contributed by atoms with E-state index in [4.69, 9.17) is 10.8 Å². The van der Waals surface area contributed by atoms with Crippen LogP contribution in [-0.4, -0.2) is 41.0 Å². The van der Waals surface area contributed by atoms with Gasteiger partial charge >= 0.3 is 5.97 Å². The minimum Gasteiger partial charge on any atom is -0.481 e. The molecule has 2 atom stereocenters. The third-order valence-electron chi connectivity index (χ3n) is 3.64. The molecule has 0 aromatic carbocycles. The molecule has 1 fully saturated rings. The Morgan fingerprint density at radius 3 is 2.68 bits per heavy atom. The molecule has 0 aromatic rings. The molecule has 0 radical (unpaired) electrons. The average Bonchev–Trinajstić information content (AvgIpc) is 2.35. The third-order valence-corrected chi connectivity index (χ3v) is 3.64. The van der Waals surface area contributed by atoms with E-state index in [0.29, 0.717) is 31.2 Å². The van der Waals surface area contributed by atoms with E-state index < -0.39 is 12.0 Å². The second-order valence-corrected chi connectivity index (χ2v) is 5.96. The summed E-state index contributed by atoms with van der Waals surface area (Å²) in [6.07, 6.45) is 3.50. The molecule has 1 rings (SSSR count). The Labute approximate surface area is 115 Å². The summed E-state index contributed by atoms with van der Waals surface area (Å²) in [5.74, 6) is -0.0275. The van der Waals surface area contributed by atoms with Crippen LogP contribution in [-0.2, 0) is 9.59 Å². The first-order chi connectivity index (χ1) is 8.90. The van der Waals surface area contributed by atoms with Crippen molar-refractivity contribution in [2.45, 2.75) is 52.0 Å². The number of piperidine rings is 1. The lowest BCUT2D eigenvalue weighted by atomic mass is 9.92. The first-order valence-electron chi connectivity index (χ1n) is 7.16. The van der Waals surface area contributed by atoms with Gasteiger partial charge in [-0.25, -0.2) is 0 Å². The Bertz CT molecular complexity index is 318. The summed E-state index contributed by atoms with van der Waals surface area (Å²) in [5, 5.41) is 8.71. The quantitative estimate of drug-likeness (QED) is 0.765. The number of rotatable bonds is 6. The minimum atomic E-state index is -0.764. The average molecular weight is 270 g/mol. The fourth-order valence-electron chi connectivity index (χ4n) is 2.67. The van der Waals surface area contributed by atoms with Gasteiger partial charge in [0.1, 0.15) is 0 Å². The van der Waals surface area contributed by atoms with Crippen LogP contribution in [0.25, 0.3) is 0 Å². The lowest BCUT2D eigenvalue weighted by Gasteiger charge is -2.34. The molecule has 0 bridgehead atoms. The fourth-order valence-corrected chi connectivity index (χ4v) is 2.67. The Kier molecular flexibility index (Phi) is 6.28. The Morgan fingerprint density at radius 1 is 1.42 bits per heavy atom. The van der Waals surface area contributed by atoms with Crippen molar-refractivity contribution in [3.05, 3.63) is 0 Å². The van der Waals surface area contributed by atoms with E-state index in [2.05, 4.69) is 13.8 Å². The maximum absolute atomic E-state index is 12.2. The van der Waals surface area contributed by atoms with Crippen molar-refractivity contribution in [2.24, 2.45) is 17.6 Å². The van der Waals surface area contributed by atoms with Crippen molar-refractivity contribution in [3.63, 3.8) is 0 Å². The predicted octanol–water partition coefficient (Wildman–Crippen LogP) is 1.46. The van der Waals surface area contributed by atoms with Gasteiger partial charge in [-0.1, -0.05) is 13.8 Å². The number of amides is 1. The number of likely N-dealkylation sites (tertiary alicyclic amines) is 1. The van der Waals surface area contributed by atoms with Gasteiger partial charge in [-0.05, 0) is 37.5 Å². The van der Waals surface area contributed by atoms with Crippen LogP contribution in [0.15, 0.2) is 0 Å². The van der Waals surface area contributed by atoms with Crippen LogP contribution in [0.2, 0.25) is 0 Å². The summed E-state index contributed by atoms with van der Waals surface area (Å²) in [6.45, 7) is 5.53. The highest BCUT2D eigenvalue weighted by Gasteiger charge is 2.27. The Morgan fingerprint density at radius 2 is 2.11 bits per heavy atom.